The molecule has 18 heavy (non-hydrogen) atoms. The second kappa shape index (κ2) is 5.69. The van der Waals surface area contributed by atoms with Crippen LogP contribution in [-0.4, -0.2) is 33.3 Å². The Balaban J connectivity index is 3.13. The predicted molar refractivity (Wildman–Crippen MR) is 69.3 cm³/mol. The van der Waals surface area contributed by atoms with Crippen molar-refractivity contribution >= 4 is 10.0 Å². The van der Waals surface area contributed by atoms with Crippen LogP contribution < -0.4 is 9.46 Å². The molecule has 1 atom stereocenters. The van der Waals surface area contributed by atoms with Gasteiger partial charge in [-0.2, -0.15) is 0 Å². The van der Waals surface area contributed by atoms with Gasteiger partial charge in [-0.05, 0) is 44.0 Å². The van der Waals surface area contributed by atoms with Crippen molar-refractivity contribution in [2.75, 3.05) is 13.7 Å². The van der Waals surface area contributed by atoms with E-state index in [9.17, 15) is 8.42 Å². The Morgan fingerprint density at radius 2 is 1.94 bits per heavy atom. The van der Waals surface area contributed by atoms with Crippen LogP contribution in [0.25, 0.3) is 0 Å². The third kappa shape index (κ3) is 3.44. The SMILES string of the molecule is COc1cc(C)c(S(=O)(=O)NC[C@@H](C)O)cc1C. The first-order valence-electron chi connectivity index (χ1n) is 5.61. The van der Waals surface area contributed by atoms with Gasteiger partial charge in [-0.3, -0.25) is 0 Å². The summed E-state index contributed by atoms with van der Waals surface area (Å²) in [5, 5.41) is 9.12. The van der Waals surface area contributed by atoms with E-state index in [1.54, 1.807) is 33.1 Å². The maximum atomic E-state index is 12.0. The summed E-state index contributed by atoms with van der Waals surface area (Å²) in [6.45, 7) is 5.01. The third-order valence-electron chi connectivity index (χ3n) is 2.55. The summed E-state index contributed by atoms with van der Waals surface area (Å²) in [5.41, 5.74) is 1.36. The number of ether oxygens (including phenoxy) is 1. The number of aliphatic hydroxyl groups is 1. The Hall–Kier alpha value is -1.11. The standard InChI is InChI=1S/C12H19NO4S/c1-8-6-12(9(2)5-11(8)17-4)18(15,16)13-7-10(3)14/h5-6,10,13-14H,7H2,1-4H3/t10-/m1/s1. The highest BCUT2D eigenvalue weighted by Gasteiger charge is 2.18. The third-order valence-corrected chi connectivity index (χ3v) is 4.12. The summed E-state index contributed by atoms with van der Waals surface area (Å²) in [6.07, 6.45) is -0.723. The highest BCUT2D eigenvalue weighted by molar-refractivity contribution is 7.89. The lowest BCUT2D eigenvalue weighted by molar-refractivity contribution is 0.198. The lowest BCUT2D eigenvalue weighted by Gasteiger charge is -2.13. The molecule has 1 aromatic rings. The van der Waals surface area contributed by atoms with Gasteiger partial charge in [0.1, 0.15) is 5.75 Å². The summed E-state index contributed by atoms with van der Waals surface area (Å²) in [7, 11) is -2.06. The van der Waals surface area contributed by atoms with Gasteiger partial charge in [0.2, 0.25) is 10.0 Å². The first-order chi connectivity index (χ1) is 8.27. The maximum Gasteiger partial charge on any atom is 0.240 e. The molecule has 0 amide bonds. The summed E-state index contributed by atoms with van der Waals surface area (Å²) in [4.78, 5) is 0.210. The van der Waals surface area contributed by atoms with Crippen LogP contribution in [-0.2, 0) is 10.0 Å². The molecule has 0 aliphatic heterocycles. The van der Waals surface area contributed by atoms with Gasteiger partial charge in [-0.1, -0.05) is 0 Å². The van der Waals surface area contributed by atoms with E-state index in [1.807, 2.05) is 0 Å². The Labute approximate surface area is 108 Å². The molecule has 0 spiro atoms. The molecule has 5 nitrogen and oxygen atoms in total. The van der Waals surface area contributed by atoms with E-state index in [1.165, 1.54) is 6.92 Å². The van der Waals surface area contributed by atoms with Crippen molar-refractivity contribution in [2.45, 2.75) is 31.8 Å². The molecular formula is C12H19NO4S. The van der Waals surface area contributed by atoms with E-state index in [4.69, 9.17) is 9.84 Å². The van der Waals surface area contributed by atoms with Gasteiger partial charge in [0.15, 0.2) is 0 Å². The maximum absolute atomic E-state index is 12.0. The molecule has 0 saturated heterocycles. The Morgan fingerprint density at radius 1 is 1.33 bits per heavy atom. The van der Waals surface area contributed by atoms with Crippen molar-refractivity contribution in [3.05, 3.63) is 23.3 Å². The molecule has 6 heteroatoms. The lowest BCUT2D eigenvalue weighted by Crippen LogP contribution is -2.31. The van der Waals surface area contributed by atoms with Crippen molar-refractivity contribution in [2.24, 2.45) is 0 Å². The van der Waals surface area contributed by atoms with Crippen molar-refractivity contribution in [1.82, 2.24) is 4.72 Å². The highest BCUT2D eigenvalue weighted by atomic mass is 32.2. The summed E-state index contributed by atoms with van der Waals surface area (Å²) in [6, 6.07) is 3.25. The minimum absolute atomic E-state index is 0.00709. The van der Waals surface area contributed by atoms with Crippen molar-refractivity contribution in [3.8, 4) is 5.75 Å². The molecule has 0 heterocycles. The van der Waals surface area contributed by atoms with Crippen LogP contribution in [0.15, 0.2) is 17.0 Å². The number of aliphatic hydroxyl groups excluding tert-OH is 1. The molecule has 0 saturated carbocycles. The smallest absolute Gasteiger partial charge is 0.240 e. The van der Waals surface area contributed by atoms with Crippen LogP contribution in [0.3, 0.4) is 0 Å². The fourth-order valence-corrected chi connectivity index (χ4v) is 3.01. The minimum atomic E-state index is -3.60. The molecular weight excluding hydrogens is 254 g/mol. The molecule has 0 fully saturated rings. The van der Waals surface area contributed by atoms with Crippen LogP contribution in [0.2, 0.25) is 0 Å². The zero-order chi connectivity index (χ0) is 13.9. The number of aryl methyl sites for hydroxylation is 2. The van der Waals surface area contributed by atoms with Gasteiger partial charge in [0.25, 0.3) is 0 Å². The summed E-state index contributed by atoms with van der Waals surface area (Å²) in [5.74, 6) is 0.655. The summed E-state index contributed by atoms with van der Waals surface area (Å²) < 4.78 is 31.6. The zero-order valence-corrected chi connectivity index (χ0v) is 11.8. The van der Waals surface area contributed by atoms with E-state index < -0.39 is 16.1 Å². The van der Waals surface area contributed by atoms with Gasteiger partial charge < -0.3 is 9.84 Å². The van der Waals surface area contributed by atoms with E-state index in [-0.39, 0.29) is 11.4 Å². The largest absolute Gasteiger partial charge is 0.496 e. The van der Waals surface area contributed by atoms with Gasteiger partial charge in [0.05, 0.1) is 18.1 Å². The molecule has 2 N–H and O–H groups in total. The van der Waals surface area contributed by atoms with Crippen LogP contribution >= 0.6 is 0 Å². The topological polar surface area (TPSA) is 75.6 Å². The van der Waals surface area contributed by atoms with E-state index in [2.05, 4.69) is 4.72 Å². The van der Waals surface area contributed by atoms with Gasteiger partial charge in [-0.25, -0.2) is 13.1 Å². The first-order valence-corrected chi connectivity index (χ1v) is 7.09. The van der Waals surface area contributed by atoms with E-state index >= 15 is 0 Å². The molecule has 0 radical (unpaired) electrons. The molecule has 0 aliphatic rings. The normalized spacial score (nSPS) is 13.4. The van der Waals surface area contributed by atoms with Gasteiger partial charge >= 0.3 is 0 Å². The van der Waals surface area contributed by atoms with E-state index in [0.717, 1.165) is 5.56 Å². The van der Waals surface area contributed by atoms with Crippen LogP contribution in [0, 0.1) is 13.8 Å². The fourth-order valence-electron chi connectivity index (χ4n) is 1.58. The van der Waals surface area contributed by atoms with Crippen LogP contribution in [0.5, 0.6) is 5.75 Å². The fraction of sp³-hybridized carbons (Fsp3) is 0.500. The zero-order valence-electron chi connectivity index (χ0n) is 11.0. The van der Waals surface area contributed by atoms with E-state index in [0.29, 0.717) is 11.3 Å². The molecule has 0 unspecified atom stereocenters. The average Bonchev–Trinajstić information content (AvgIpc) is 2.29. The minimum Gasteiger partial charge on any atom is -0.496 e. The number of hydrogen-bond acceptors (Lipinski definition) is 4. The predicted octanol–water partition coefficient (Wildman–Crippen LogP) is 0.971. The monoisotopic (exact) mass is 273 g/mol. The molecule has 1 aromatic carbocycles. The molecule has 102 valence electrons. The van der Waals surface area contributed by atoms with Crippen molar-refractivity contribution in [3.63, 3.8) is 0 Å². The highest BCUT2D eigenvalue weighted by Crippen LogP contribution is 2.25. The number of sulfonamides is 1. The average molecular weight is 273 g/mol. The number of nitrogens with one attached hydrogen (secondary N) is 1. The van der Waals surface area contributed by atoms with Crippen LogP contribution in [0.4, 0.5) is 0 Å². The van der Waals surface area contributed by atoms with Crippen LogP contribution in [0.1, 0.15) is 18.1 Å². The Morgan fingerprint density at radius 3 is 2.44 bits per heavy atom. The Kier molecular flexibility index (Phi) is 4.72. The number of methoxy groups -OCH3 is 1. The summed E-state index contributed by atoms with van der Waals surface area (Å²) >= 11 is 0. The van der Waals surface area contributed by atoms with Gasteiger partial charge in [-0.15, -0.1) is 0 Å². The van der Waals surface area contributed by atoms with Crippen molar-refractivity contribution in [1.29, 1.82) is 0 Å². The first kappa shape index (κ1) is 14.9. The molecule has 0 bridgehead atoms. The molecule has 0 aliphatic carbocycles. The lowest BCUT2D eigenvalue weighted by atomic mass is 10.1. The molecule has 1 rings (SSSR count). The number of benzene rings is 1. The van der Waals surface area contributed by atoms with Crippen molar-refractivity contribution < 1.29 is 18.3 Å². The number of hydrogen-bond donors (Lipinski definition) is 2. The van der Waals surface area contributed by atoms with Gasteiger partial charge in [0, 0.05) is 6.54 Å². The molecule has 0 aromatic heterocycles. The second-order valence-electron chi connectivity index (χ2n) is 4.29. The second-order valence-corrected chi connectivity index (χ2v) is 6.02. The number of rotatable bonds is 5. The Bertz CT molecular complexity index is 523. The quantitative estimate of drug-likeness (QED) is 0.838.